The molecule has 0 bridgehead atoms. The van der Waals surface area contributed by atoms with Gasteiger partial charge in [0, 0.05) is 13.1 Å². The molecule has 1 saturated carbocycles. The van der Waals surface area contributed by atoms with Gasteiger partial charge in [-0.3, -0.25) is 0 Å². The summed E-state index contributed by atoms with van der Waals surface area (Å²) < 4.78 is 42.6. The molecule has 5 nitrogen and oxygen atoms in total. The summed E-state index contributed by atoms with van der Waals surface area (Å²) in [5.74, 6) is 1.90. The van der Waals surface area contributed by atoms with Gasteiger partial charge in [0.05, 0.1) is 6.04 Å². The van der Waals surface area contributed by atoms with E-state index >= 15 is 0 Å². The lowest BCUT2D eigenvalue weighted by Gasteiger charge is -2.24. The summed E-state index contributed by atoms with van der Waals surface area (Å²) in [5, 5.41) is 11.4. The number of nitrogens with zero attached hydrogens (tertiary/aromatic N) is 3. The Labute approximate surface area is 108 Å². The molecule has 0 spiro atoms. The molecule has 19 heavy (non-hydrogen) atoms. The van der Waals surface area contributed by atoms with Crippen LogP contribution in [0.15, 0.2) is 0 Å². The normalized spacial score (nSPS) is 23.4. The van der Waals surface area contributed by atoms with E-state index in [-0.39, 0.29) is 12.6 Å². The molecule has 0 saturated heterocycles. The SMILES string of the molecule is FC(F)(F)COCc1nnc2n1CCNC2C1CC1. The number of rotatable bonds is 4. The number of hydrogen-bond acceptors (Lipinski definition) is 4. The summed E-state index contributed by atoms with van der Waals surface area (Å²) in [5.41, 5.74) is 0. The van der Waals surface area contributed by atoms with Crippen LogP contribution in [0.3, 0.4) is 0 Å². The zero-order valence-corrected chi connectivity index (χ0v) is 10.3. The van der Waals surface area contributed by atoms with E-state index in [0.29, 0.717) is 18.3 Å². The van der Waals surface area contributed by atoms with Crippen LogP contribution in [0.4, 0.5) is 13.2 Å². The van der Waals surface area contributed by atoms with Gasteiger partial charge in [-0.15, -0.1) is 10.2 Å². The highest BCUT2D eigenvalue weighted by Crippen LogP contribution is 2.41. The minimum Gasteiger partial charge on any atom is -0.364 e. The molecule has 1 aliphatic heterocycles. The van der Waals surface area contributed by atoms with Crippen molar-refractivity contribution in [1.29, 1.82) is 0 Å². The average molecular weight is 276 g/mol. The predicted octanol–water partition coefficient (Wildman–Crippen LogP) is 1.41. The van der Waals surface area contributed by atoms with Crippen molar-refractivity contribution in [3.63, 3.8) is 0 Å². The van der Waals surface area contributed by atoms with Crippen LogP contribution in [0.5, 0.6) is 0 Å². The summed E-state index contributed by atoms with van der Waals surface area (Å²) in [6.45, 7) is 0.0676. The standard InChI is InChI=1S/C11H15F3N4O/c12-11(13,14)6-19-5-8-16-17-10-9(7-1-2-7)15-3-4-18(8)10/h7,9,15H,1-6H2. The molecule has 0 amide bonds. The number of aromatic nitrogens is 3. The Kier molecular flexibility index (Phi) is 3.22. The van der Waals surface area contributed by atoms with Gasteiger partial charge in [0.2, 0.25) is 0 Å². The minimum atomic E-state index is -4.30. The first-order valence-electron chi connectivity index (χ1n) is 6.34. The quantitative estimate of drug-likeness (QED) is 0.903. The van der Waals surface area contributed by atoms with Gasteiger partial charge in [-0.05, 0) is 18.8 Å². The third kappa shape index (κ3) is 2.89. The van der Waals surface area contributed by atoms with E-state index in [2.05, 4.69) is 20.3 Å². The lowest BCUT2D eigenvalue weighted by molar-refractivity contribution is -0.177. The Hall–Kier alpha value is -1.15. The smallest absolute Gasteiger partial charge is 0.364 e. The van der Waals surface area contributed by atoms with Crippen LogP contribution < -0.4 is 5.32 Å². The molecule has 1 N–H and O–H groups in total. The molecule has 1 aliphatic carbocycles. The number of nitrogens with one attached hydrogen (secondary N) is 1. The van der Waals surface area contributed by atoms with Crippen molar-refractivity contribution in [2.24, 2.45) is 5.92 Å². The lowest BCUT2D eigenvalue weighted by Crippen LogP contribution is -2.35. The maximum Gasteiger partial charge on any atom is 0.411 e. The van der Waals surface area contributed by atoms with E-state index in [1.54, 1.807) is 0 Å². The molecule has 2 heterocycles. The Balaban J connectivity index is 1.67. The van der Waals surface area contributed by atoms with Crippen molar-refractivity contribution >= 4 is 0 Å². The van der Waals surface area contributed by atoms with Gasteiger partial charge in [-0.25, -0.2) is 0 Å². The topological polar surface area (TPSA) is 52.0 Å². The van der Waals surface area contributed by atoms with Crippen molar-refractivity contribution in [1.82, 2.24) is 20.1 Å². The second-order valence-corrected chi connectivity index (χ2v) is 5.00. The van der Waals surface area contributed by atoms with E-state index in [1.807, 2.05) is 4.57 Å². The summed E-state index contributed by atoms with van der Waals surface area (Å²) in [6, 6.07) is 0.192. The average Bonchev–Trinajstić information content (AvgIpc) is 3.10. The molecule has 0 aromatic carbocycles. The van der Waals surface area contributed by atoms with Crippen LogP contribution in [0, 0.1) is 5.92 Å². The molecule has 1 aromatic rings. The van der Waals surface area contributed by atoms with Gasteiger partial charge in [0.15, 0.2) is 11.6 Å². The summed E-state index contributed by atoms with van der Waals surface area (Å²) in [6.07, 6.45) is -1.96. The molecule has 2 aliphatic rings. The highest BCUT2D eigenvalue weighted by Gasteiger charge is 2.37. The first-order valence-corrected chi connectivity index (χ1v) is 6.34. The van der Waals surface area contributed by atoms with Crippen LogP contribution in [0.2, 0.25) is 0 Å². The van der Waals surface area contributed by atoms with Crippen molar-refractivity contribution in [2.45, 2.75) is 38.2 Å². The van der Waals surface area contributed by atoms with E-state index < -0.39 is 12.8 Å². The molecule has 0 radical (unpaired) electrons. The minimum absolute atomic E-state index is 0.149. The molecule has 1 fully saturated rings. The highest BCUT2D eigenvalue weighted by molar-refractivity contribution is 5.08. The summed E-state index contributed by atoms with van der Waals surface area (Å²) >= 11 is 0. The fourth-order valence-corrected chi connectivity index (χ4v) is 2.42. The van der Waals surface area contributed by atoms with Crippen LogP contribution in [0.25, 0.3) is 0 Å². The van der Waals surface area contributed by atoms with Gasteiger partial charge < -0.3 is 14.6 Å². The molecule has 8 heteroatoms. The fraction of sp³-hybridized carbons (Fsp3) is 0.818. The Morgan fingerprint density at radius 1 is 1.32 bits per heavy atom. The molecular weight excluding hydrogens is 261 g/mol. The van der Waals surface area contributed by atoms with Gasteiger partial charge >= 0.3 is 6.18 Å². The van der Waals surface area contributed by atoms with Crippen molar-refractivity contribution < 1.29 is 17.9 Å². The van der Waals surface area contributed by atoms with Crippen molar-refractivity contribution in [3.8, 4) is 0 Å². The number of halogens is 3. The van der Waals surface area contributed by atoms with Gasteiger partial charge in [-0.2, -0.15) is 13.2 Å². The predicted molar refractivity (Wildman–Crippen MR) is 59.2 cm³/mol. The van der Waals surface area contributed by atoms with E-state index in [4.69, 9.17) is 0 Å². The Bertz CT molecular complexity index is 455. The Morgan fingerprint density at radius 3 is 2.79 bits per heavy atom. The maximum atomic E-state index is 12.0. The zero-order chi connectivity index (χ0) is 13.5. The second kappa shape index (κ2) is 4.75. The van der Waals surface area contributed by atoms with Gasteiger partial charge in [0.1, 0.15) is 13.2 Å². The van der Waals surface area contributed by atoms with Crippen molar-refractivity contribution in [2.75, 3.05) is 13.2 Å². The number of alkyl halides is 3. The molecule has 1 unspecified atom stereocenters. The van der Waals surface area contributed by atoms with E-state index in [9.17, 15) is 13.2 Å². The lowest BCUT2D eigenvalue weighted by atomic mass is 10.1. The first-order chi connectivity index (χ1) is 9.04. The first kappa shape index (κ1) is 12.9. The van der Waals surface area contributed by atoms with Crippen LogP contribution in [-0.4, -0.2) is 34.1 Å². The molecule has 1 atom stereocenters. The zero-order valence-electron chi connectivity index (χ0n) is 10.3. The third-order valence-electron chi connectivity index (χ3n) is 3.42. The molecular formula is C11H15F3N4O. The van der Waals surface area contributed by atoms with Crippen LogP contribution in [0.1, 0.15) is 30.5 Å². The number of fused-ring (bicyclic) bond motifs is 1. The third-order valence-corrected chi connectivity index (χ3v) is 3.42. The number of hydrogen-bond donors (Lipinski definition) is 1. The molecule has 1 aromatic heterocycles. The van der Waals surface area contributed by atoms with Gasteiger partial charge in [-0.1, -0.05) is 0 Å². The van der Waals surface area contributed by atoms with E-state index in [0.717, 1.165) is 12.4 Å². The largest absolute Gasteiger partial charge is 0.411 e. The Morgan fingerprint density at radius 2 is 2.11 bits per heavy atom. The van der Waals surface area contributed by atoms with Crippen molar-refractivity contribution in [3.05, 3.63) is 11.6 Å². The van der Waals surface area contributed by atoms with Gasteiger partial charge in [0.25, 0.3) is 0 Å². The second-order valence-electron chi connectivity index (χ2n) is 5.00. The van der Waals surface area contributed by atoms with Crippen LogP contribution >= 0.6 is 0 Å². The number of ether oxygens (including phenoxy) is 1. The van der Waals surface area contributed by atoms with Crippen LogP contribution in [-0.2, 0) is 17.9 Å². The summed E-state index contributed by atoms with van der Waals surface area (Å²) in [4.78, 5) is 0. The molecule has 3 rings (SSSR count). The molecule has 106 valence electrons. The maximum absolute atomic E-state index is 12.0. The fourth-order valence-electron chi connectivity index (χ4n) is 2.42. The highest BCUT2D eigenvalue weighted by atomic mass is 19.4. The monoisotopic (exact) mass is 276 g/mol. The van der Waals surface area contributed by atoms with E-state index in [1.165, 1.54) is 12.8 Å². The summed E-state index contributed by atoms with van der Waals surface area (Å²) in [7, 11) is 0.